The molecule has 4 N–H and O–H groups in total. The van der Waals surface area contributed by atoms with Gasteiger partial charge in [-0.1, -0.05) is 53.9 Å². The van der Waals surface area contributed by atoms with Crippen LogP contribution in [0.4, 0.5) is 5.82 Å². The van der Waals surface area contributed by atoms with Crippen molar-refractivity contribution in [3.05, 3.63) is 24.2 Å². The number of amides is 1. The highest BCUT2D eigenvalue weighted by molar-refractivity contribution is 5.95. The van der Waals surface area contributed by atoms with Crippen LogP contribution in [-0.2, 0) is 34.2 Å². The SMILES string of the molecule is CC(C)[C@H](N)C(=O)O[C@H]1[C@@H](O)[C@](C#N)(c2ccc3c(NC(=O)[C@H](C)C(C)C)ncnn23)O[C@@H]1COC(=O)CC1CCCCC1. The normalized spacial score (nSPS) is 25.5. The first-order valence-corrected chi connectivity index (χ1v) is 15.4. The monoisotopic (exact) mass is 612 g/mol. The molecule has 1 aliphatic heterocycles. The molecule has 1 saturated heterocycles. The molecule has 13 nitrogen and oxygen atoms in total. The maximum absolute atomic E-state index is 12.9. The molecule has 0 bridgehead atoms. The standard InChI is InChI=1S/C31H44N6O7/c1-17(2)19(5)29(40)36-28-21-11-12-23(37(21)35-16-34-28)31(15-32)27(39)26(43-30(41)25(33)18(3)4)22(44-31)14-42-24(38)13-20-9-7-6-8-10-20/h11-12,16-20,22,25-27,39H,6-10,13-14,33H2,1-5H3,(H,34,35,36,40)/t19-,22-,25+,26-,27-,31+/m1/s1. The second-order valence-corrected chi connectivity index (χ2v) is 12.7. The fourth-order valence-electron chi connectivity index (χ4n) is 5.63. The Morgan fingerprint density at radius 2 is 1.89 bits per heavy atom. The van der Waals surface area contributed by atoms with E-state index in [-0.39, 0.29) is 54.1 Å². The Balaban J connectivity index is 1.63. The van der Waals surface area contributed by atoms with Gasteiger partial charge in [-0.2, -0.15) is 10.4 Å². The van der Waals surface area contributed by atoms with E-state index in [1.54, 1.807) is 19.9 Å². The fraction of sp³-hybridized carbons (Fsp3) is 0.677. The van der Waals surface area contributed by atoms with E-state index in [2.05, 4.69) is 15.4 Å². The number of aromatic nitrogens is 3. The molecule has 2 fully saturated rings. The molecule has 13 heteroatoms. The lowest BCUT2D eigenvalue weighted by Gasteiger charge is -2.25. The molecule has 1 saturated carbocycles. The molecule has 2 aromatic rings. The predicted molar refractivity (Wildman–Crippen MR) is 159 cm³/mol. The number of rotatable bonds is 11. The summed E-state index contributed by atoms with van der Waals surface area (Å²) in [4.78, 5) is 42.6. The van der Waals surface area contributed by atoms with Crippen LogP contribution in [0.25, 0.3) is 5.52 Å². The average Bonchev–Trinajstić information content (AvgIpc) is 3.55. The number of nitrogens with two attached hydrogens (primary N) is 1. The smallest absolute Gasteiger partial charge is 0.323 e. The Hall–Kier alpha value is -3.60. The maximum Gasteiger partial charge on any atom is 0.323 e. The van der Waals surface area contributed by atoms with Gasteiger partial charge in [0.1, 0.15) is 42.8 Å². The van der Waals surface area contributed by atoms with Crippen molar-refractivity contribution >= 4 is 29.2 Å². The third kappa shape index (κ3) is 6.87. The lowest BCUT2D eigenvalue weighted by atomic mass is 9.87. The zero-order valence-electron chi connectivity index (χ0n) is 26.1. The molecule has 0 spiro atoms. The van der Waals surface area contributed by atoms with Crippen LogP contribution in [0.2, 0.25) is 0 Å². The quantitative estimate of drug-likeness (QED) is 0.316. The summed E-state index contributed by atoms with van der Waals surface area (Å²) in [6.45, 7) is 8.83. The number of aliphatic hydroxyl groups is 1. The molecule has 1 aliphatic carbocycles. The van der Waals surface area contributed by atoms with Gasteiger partial charge >= 0.3 is 11.9 Å². The number of hydrogen-bond donors (Lipinski definition) is 3. The highest BCUT2D eigenvalue weighted by atomic mass is 16.6. The van der Waals surface area contributed by atoms with Crippen molar-refractivity contribution < 1.29 is 33.7 Å². The fourth-order valence-corrected chi connectivity index (χ4v) is 5.63. The Bertz CT molecular complexity index is 1380. The first-order chi connectivity index (χ1) is 20.9. The summed E-state index contributed by atoms with van der Waals surface area (Å²) in [5.41, 5.74) is 4.40. The van der Waals surface area contributed by atoms with Gasteiger partial charge in [-0.05, 0) is 42.7 Å². The van der Waals surface area contributed by atoms with Crippen molar-refractivity contribution in [3.8, 4) is 6.07 Å². The Morgan fingerprint density at radius 3 is 2.52 bits per heavy atom. The summed E-state index contributed by atoms with van der Waals surface area (Å²) in [7, 11) is 0. The van der Waals surface area contributed by atoms with Crippen molar-refractivity contribution in [2.45, 2.75) is 103 Å². The lowest BCUT2D eigenvalue weighted by molar-refractivity contribution is -0.162. The van der Waals surface area contributed by atoms with Crippen LogP contribution in [-0.4, -0.2) is 68.5 Å². The van der Waals surface area contributed by atoms with Gasteiger partial charge in [0.25, 0.3) is 0 Å². The van der Waals surface area contributed by atoms with Crippen LogP contribution in [0.15, 0.2) is 18.5 Å². The minimum absolute atomic E-state index is 0.0938. The molecule has 2 aliphatic rings. The topological polar surface area (TPSA) is 191 Å². The number of nitrogens with one attached hydrogen (secondary N) is 1. The Labute approximate surface area is 257 Å². The molecule has 1 amide bonds. The summed E-state index contributed by atoms with van der Waals surface area (Å²) in [6.07, 6.45) is 2.43. The summed E-state index contributed by atoms with van der Waals surface area (Å²) < 4.78 is 18.7. The highest BCUT2D eigenvalue weighted by Gasteiger charge is 2.60. The number of aliphatic hydroxyl groups excluding tert-OH is 1. The molecule has 0 radical (unpaired) electrons. The Morgan fingerprint density at radius 1 is 1.18 bits per heavy atom. The van der Waals surface area contributed by atoms with E-state index in [1.165, 1.54) is 16.9 Å². The largest absolute Gasteiger partial charge is 0.463 e. The second kappa shape index (κ2) is 14.0. The number of nitrogens with zero attached hydrogens (tertiary/aromatic N) is 4. The summed E-state index contributed by atoms with van der Waals surface area (Å²) in [5.74, 6) is -1.45. The minimum atomic E-state index is -2.08. The molecular formula is C31H44N6O7. The van der Waals surface area contributed by atoms with E-state index in [0.29, 0.717) is 5.52 Å². The third-order valence-electron chi connectivity index (χ3n) is 8.92. The van der Waals surface area contributed by atoms with Crippen LogP contribution in [0, 0.1) is 35.0 Å². The lowest BCUT2D eigenvalue weighted by Crippen LogP contribution is -2.46. The molecule has 0 unspecified atom stereocenters. The van der Waals surface area contributed by atoms with Crippen LogP contribution in [0.5, 0.6) is 0 Å². The van der Waals surface area contributed by atoms with E-state index in [4.69, 9.17) is 19.9 Å². The van der Waals surface area contributed by atoms with Crippen LogP contribution in [0.3, 0.4) is 0 Å². The maximum atomic E-state index is 12.9. The van der Waals surface area contributed by atoms with Gasteiger partial charge in [-0.3, -0.25) is 14.4 Å². The van der Waals surface area contributed by atoms with Crippen molar-refractivity contribution in [3.63, 3.8) is 0 Å². The van der Waals surface area contributed by atoms with E-state index in [0.717, 1.165) is 32.1 Å². The van der Waals surface area contributed by atoms with E-state index in [9.17, 15) is 24.8 Å². The number of anilines is 1. The molecule has 6 atom stereocenters. The number of carbonyl (C=O) groups is 3. The van der Waals surface area contributed by atoms with E-state index < -0.39 is 41.9 Å². The van der Waals surface area contributed by atoms with Crippen molar-refractivity contribution in [1.82, 2.24) is 14.6 Å². The van der Waals surface area contributed by atoms with Crippen LogP contribution in [0.1, 0.15) is 78.8 Å². The van der Waals surface area contributed by atoms with E-state index in [1.807, 2.05) is 26.8 Å². The van der Waals surface area contributed by atoms with Crippen LogP contribution >= 0.6 is 0 Å². The van der Waals surface area contributed by atoms with E-state index >= 15 is 0 Å². The van der Waals surface area contributed by atoms with Gasteiger partial charge < -0.3 is 30.4 Å². The summed E-state index contributed by atoms with van der Waals surface area (Å²) in [6, 6.07) is 4.17. The van der Waals surface area contributed by atoms with Crippen LogP contribution < -0.4 is 11.1 Å². The summed E-state index contributed by atoms with van der Waals surface area (Å²) in [5, 5.41) is 29.2. The second-order valence-electron chi connectivity index (χ2n) is 12.7. The number of nitriles is 1. The predicted octanol–water partition coefficient (Wildman–Crippen LogP) is 2.85. The van der Waals surface area contributed by atoms with Gasteiger partial charge in [0.15, 0.2) is 11.9 Å². The van der Waals surface area contributed by atoms with Crippen molar-refractivity contribution in [2.24, 2.45) is 29.4 Å². The molecule has 3 heterocycles. The molecule has 4 rings (SSSR count). The van der Waals surface area contributed by atoms with Gasteiger partial charge in [-0.25, -0.2) is 9.50 Å². The molecule has 2 aromatic heterocycles. The first kappa shape index (κ1) is 33.3. The average molecular weight is 613 g/mol. The summed E-state index contributed by atoms with van der Waals surface area (Å²) >= 11 is 0. The molecule has 0 aromatic carbocycles. The van der Waals surface area contributed by atoms with Gasteiger partial charge in [0.2, 0.25) is 11.5 Å². The minimum Gasteiger partial charge on any atom is -0.463 e. The number of fused-ring (bicyclic) bond motifs is 1. The van der Waals surface area contributed by atoms with Gasteiger partial charge in [0.05, 0.1) is 5.69 Å². The van der Waals surface area contributed by atoms with Crippen molar-refractivity contribution in [1.29, 1.82) is 5.26 Å². The zero-order chi connectivity index (χ0) is 32.2. The molecular weight excluding hydrogens is 568 g/mol. The van der Waals surface area contributed by atoms with Gasteiger partial charge in [0, 0.05) is 12.3 Å². The Kier molecular flexibility index (Phi) is 10.6. The number of ether oxygens (including phenoxy) is 3. The highest BCUT2D eigenvalue weighted by Crippen LogP contribution is 2.42. The third-order valence-corrected chi connectivity index (χ3v) is 8.92. The number of hydrogen-bond acceptors (Lipinski definition) is 11. The molecule has 44 heavy (non-hydrogen) atoms. The number of esters is 2. The van der Waals surface area contributed by atoms with Crippen molar-refractivity contribution in [2.75, 3.05) is 11.9 Å². The zero-order valence-corrected chi connectivity index (χ0v) is 26.1. The first-order valence-electron chi connectivity index (χ1n) is 15.4. The van der Waals surface area contributed by atoms with Gasteiger partial charge in [-0.15, -0.1) is 0 Å². The molecule has 240 valence electrons. The number of carbonyl (C=O) groups excluding carboxylic acids is 3.